The van der Waals surface area contributed by atoms with Crippen LogP contribution in [0.25, 0.3) is 10.9 Å². The molecular formula is C15H21ClN2O3. The summed E-state index contributed by atoms with van der Waals surface area (Å²) in [6.45, 7) is 2.74. The summed E-state index contributed by atoms with van der Waals surface area (Å²) in [5, 5.41) is 10.4. The van der Waals surface area contributed by atoms with E-state index in [4.69, 9.17) is 4.74 Å². The van der Waals surface area contributed by atoms with Crippen LogP contribution in [0.2, 0.25) is 0 Å². The van der Waals surface area contributed by atoms with Crippen LogP contribution in [0.5, 0.6) is 5.75 Å². The van der Waals surface area contributed by atoms with Crippen molar-refractivity contribution in [2.75, 3.05) is 20.7 Å². The number of hydrogen-bond donors (Lipinski definition) is 1. The molecule has 0 radical (unpaired) electrons. The Morgan fingerprint density at radius 3 is 2.62 bits per heavy atom. The number of ether oxygens (including phenoxy) is 1. The number of esters is 1. The first kappa shape index (κ1) is 17.3. The molecule has 0 saturated carbocycles. The van der Waals surface area contributed by atoms with Crippen molar-refractivity contribution in [2.45, 2.75) is 13.5 Å². The van der Waals surface area contributed by atoms with Gasteiger partial charge in [0.1, 0.15) is 5.75 Å². The van der Waals surface area contributed by atoms with E-state index in [-0.39, 0.29) is 24.1 Å². The molecule has 116 valence electrons. The lowest BCUT2D eigenvalue weighted by atomic mass is 10.1. The second-order valence-electron chi connectivity index (χ2n) is 5.04. The van der Waals surface area contributed by atoms with Crippen LogP contribution in [0.1, 0.15) is 23.0 Å². The SMILES string of the molecule is CCOC(=O)c1c(CN(C)C)n(C)c2ccc(O)cc12.Cl. The Bertz CT molecular complexity index is 650. The van der Waals surface area contributed by atoms with Gasteiger partial charge in [-0.3, -0.25) is 0 Å². The van der Waals surface area contributed by atoms with Crippen molar-refractivity contribution in [3.63, 3.8) is 0 Å². The molecular weight excluding hydrogens is 292 g/mol. The van der Waals surface area contributed by atoms with Crippen molar-refractivity contribution in [3.05, 3.63) is 29.5 Å². The van der Waals surface area contributed by atoms with E-state index in [1.165, 1.54) is 0 Å². The fourth-order valence-corrected chi connectivity index (χ4v) is 2.40. The van der Waals surface area contributed by atoms with E-state index in [2.05, 4.69) is 0 Å². The summed E-state index contributed by atoms with van der Waals surface area (Å²) < 4.78 is 7.13. The monoisotopic (exact) mass is 312 g/mol. The Morgan fingerprint density at radius 2 is 2.05 bits per heavy atom. The molecule has 2 aromatic rings. The largest absolute Gasteiger partial charge is 0.508 e. The summed E-state index contributed by atoms with van der Waals surface area (Å²) in [5.74, 6) is -0.203. The van der Waals surface area contributed by atoms with Gasteiger partial charge in [0, 0.05) is 30.2 Å². The van der Waals surface area contributed by atoms with Gasteiger partial charge in [-0.1, -0.05) is 0 Å². The number of aromatic hydroxyl groups is 1. The number of hydrogen-bond acceptors (Lipinski definition) is 4. The Kier molecular flexibility index (Phi) is 5.63. The highest BCUT2D eigenvalue weighted by atomic mass is 35.5. The second kappa shape index (κ2) is 6.83. The molecule has 0 unspecified atom stereocenters. The van der Waals surface area contributed by atoms with Crippen LogP contribution in [-0.4, -0.2) is 41.2 Å². The molecule has 0 fully saturated rings. The molecule has 1 heterocycles. The predicted molar refractivity (Wildman–Crippen MR) is 85.2 cm³/mol. The zero-order valence-electron chi connectivity index (χ0n) is 12.7. The highest BCUT2D eigenvalue weighted by Crippen LogP contribution is 2.29. The Morgan fingerprint density at radius 1 is 1.38 bits per heavy atom. The first-order valence-electron chi connectivity index (χ1n) is 6.57. The number of fused-ring (bicyclic) bond motifs is 1. The van der Waals surface area contributed by atoms with Gasteiger partial charge in [0.05, 0.1) is 12.2 Å². The van der Waals surface area contributed by atoms with Crippen LogP contribution in [0, 0.1) is 0 Å². The van der Waals surface area contributed by atoms with Crippen LogP contribution in [0.15, 0.2) is 18.2 Å². The maximum atomic E-state index is 12.2. The van der Waals surface area contributed by atoms with Gasteiger partial charge in [-0.2, -0.15) is 0 Å². The minimum absolute atomic E-state index is 0. The van der Waals surface area contributed by atoms with E-state index in [9.17, 15) is 9.90 Å². The Balaban J connectivity index is 0.00000220. The van der Waals surface area contributed by atoms with Crippen molar-refractivity contribution in [1.29, 1.82) is 0 Å². The number of phenolic OH excluding ortho intramolecular Hbond substituents is 1. The Hall–Kier alpha value is -1.72. The molecule has 6 heteroatoms. The van der Waals surface area contributed by atoms with E-state index in [1.807, 2.05) is 36.7 Å². The molecule has 0 aliphatic heterocycles. The minimum atomic E-state index is -0.347. The van der Waals surface area contributed by atoms with E-state index in [0.717, 1.165) is 16.6 Å². The number of rotatable bonds is 4. The molecule has 0 bridgehead atoms. The lowest BCUT2D eigenvalue weighted by Gasteiger charge is -2.12. The van der Waals surface area contributed by atoms with Crippen molar-refractivity contribution in [1.82, 2.24) is 9.47 Å². The highest BCUT2D eigenvalue weighted by Gasteiger charge is 2.22. The molecule has 0 amide bonds. The fourth-order valence-electron chi connectivity index (χ4n) is 2.40. The maximum Gasteiger partial charge on any atom is 0.340 e. The summed E-state index contributed by atoms with van der Waals surface area (Å²) in [7, 11) is 5.81. The summed E-state index contributed by atoms with van der Waals surface area (Å²) in [6, 6.07) is 5.05. The normalized spacial score (nSPS) is 10.7. The van der Waals surface area contributed by atoms with Crippen LogP contribution in [-0.2, 0) is 18.3 Å². The third kappa shape index (κ3) is 3.31. The fraction of sp³-hybridized carbons (Fsp3) is 0.400. The molecule has 2 rings (SSSR count). The molecule has 0 aliphatic carbocycles. The average Bonchev–Trinajstić information content (AvgIpc) is 2.62. The maximum absolute atomic E-state index is 12.2. The number of aromatic nitrogens is 1. The van der Waals surface area contributed by atoms with Crippen molar-refractivity contribution < 1.29 is 14.6 Å². The summed E-state index contributed by atoms with van der Waals surface area (Å²) in [5.41, 5.74) is 2.32. The minimum Gasteiger partial charge on any atom is -0.508 e. The van der Waals surface area contributed by atoms with Gasteiger partial charge >= 0.3 is 5.97 Å². The van der Waals surface area contributed by atoms with E-state index < -0.39 is 0 Å². The van der Waals surface area contributed by atoms with E-state index >= 15 is 0 Å². The molecule has 0 saturated heterocycles. The number of halogens is 1. The van der Waals surface area contributed by atoms with Crippen LogP contribution in [0.3, 0.4) is 0 Å². The average molecular weight is 313 g/mol. The van der Waals surface area contributed by atoms with Gasteiger partial charge in [0.15, 0.2) is 0 Å². The summed E-state index contributed by atoms with van der Waals surface area (Å²) in [6.07, 6.45) is 0. The first-order valence-corrected chi connectivity index (χ1v) is 6.57. The standard InChI is InChI=1S/C15H20N2O3.ClH/c1-5-20-15(19)14-11-8-10(18)6-7-12(11)17(4)13(14)9-16(2)3;/h6-8,18H,5,9H2,1-4H3;1H. The smallest absolute Gasteiger partial charge is 0.340 e. The third-order valence-electron chi connectivity index (χ3n) is 3.25. The molecule has 1 aromatic heterocycles. The zero-order chi connectivity index (χ0) is 14.9. The van der Waals surface area contributed by atoms with Crippen molar-refractivity contribution in [3.8, 4) is 5.75 Å². The molecule has 0 aliphatic rings. The first-order chi connectivity index (χ1) is 9.45. The van der Waals surface area contributed by atoms with Crippen LogP contribution >= 0.6 is 12.4 Å². The quantitative estimate of drug-likeness (QED) is 0.882. The number of carbonyl (C=O) groups is 1. The van der Waals surface area contributed by atoms with Gasteiger partial charge < -0.3 is 19.3 Å². The number of aryl methyl sites for hydroxylation is 1. The predicted octanol–water partition coefficient (Wildman–Crippen LogP) is 2.54. The van der Waals surface area contributed by atoms with Crippen molar-refractivity contribution in [2.24, 2.45) is 7.05 Å². The summed E-state index contributed by atoms with van der Waals surface area (Å²) in [4.78, 5) is 14.2. The molecule has 1 N–H and O–H groups in total. The van der Waals surface area contributed by atoms with Gasteiger partial charge in [-0.25, -0.2) is 4.79 Å². The molecule has 0 atom stereocenters. The Labute approximate surface area is 130 Å². The van der Waals surface area contributed by atoms with Gasteiger partial charge in [-0.15, -0.1) is 12.4 Å². The second-order valence-corrected chi connectivity index (χ2v) is 5.04. The van der Waals surface area contributed by atoms with Gasteiger partial charge in [0.25, 0.3) is 0 Å². The van der Waals surface area contributed by atoms with E-state index in [0.29, 0.717) is 18.7 Å². The lowest BCUT2D eigenvalue weighted by Crippen LogP contribution is -2.17. The van der Waals surface area contributed by atoms with Crippen molar-refractivity contribution >= 4 is 29.3 Å². The lowest BCUT2D eigenvalue weighted by molar-refractivity contribution is 0.0526. The van der Waals surface area contributed by atoms with Gasteiger partial charge in [-0.05, 0) is 39.2 Å². The topological polar surface area (TPSA) is 54.7 Å². The number of nitrogens with zero attached hydrogens (tertiary/aromatic N) is 2. The molecule has 1 aromatic carbocycles. The number of benzene rings is 1. The molecule has 5 nitrogen and oxygen atoms in total. The van der Waals surface area contributed by atoms with E-state index in [1.54, 1.807) is 19.1 Å². The number of carbonyl (C=O) groups excluding carboxylic acids is 1. The van der Waals surface area contributed by atoms with Crippen LogP contribution in [0.4, 0.5) is 0 Å². The van der Waals surface area contributed by atoms with Crippen LogP contribution < -0.4 is 0 Å². The zero-order valence-corrected chi connectivity index (χ0v) is 13.5. The third-order valence-corrected chi connectivity index (χ3v) is 3.25. The van der Waals surface area contributed by atoms with Gasteiger partial charge in [0.2, 0.25) is 0 Å². The molecule has 21 heavy (non-hydrogen) atoms. The molecule has 0 spiro atoms. The number of phenols is 1. The summed E-state index contributed by atoms with van der Waals surface area (Å²) >= 11 is 0. The highest BCUT2D eigenvalue weighted by molar-refractivity contribution is 6.06.